The molecule has 4 fully saturated rings. The van der Waals surface area contributed by atoms with Gasteiger partial charge in [0.15, 0.2) is 0 Å². The molecule has 0 aromatic rings. The first-order valence-electron chi connectivity index (χ1n) is 15.5. The Labute approximate surface area is 208 Å². The quantitative estimate of drug-likeness (QED) is 0.350. The van der Waals surface area contributed by atoms with Gasteiger partial charge in [0.2, 0.25) is 0 Å². The van der Waals surface area contributed by atoms with E-state index < -0.39 is 0 Å². The molecule has 5 aliphatic carbocycles. The van der Waals surface area contributed by atoms with Crippen molar-refractivity contribution < 1.29 is 0 Å². The van der Waals surface area contributed by atoms with Crippen molar-refractivity contribution in [3.63, 3.8) is 0 Å². The van der Waals surface area contributed by atoms with Crippen molar-refractivity contribution in [2.24, 2.45) is 52.3 Å². The van der Waals surface area contributed by atoms with E-state index in [1.165, 1.54) is 103 Å². The monoisotopic (exact) mass is 454 g/mol. The topological polar surface area (TPSA) is 0 Å². The molecule has 0 spiro atoms. The number of fused-ring (bicyclic) bond motifs is 5. The molecule has 190 valence electrons. The number of rotatable bonds is 6. The van der Waals surface area contributed by atoms with E-state index in [9.17, 15) is 0 Å². The van der Waals surface area contributed by atoms with Gasteiger partial charge >= 0.3 is 0 Å². The lowest BCUT2D eigenvalue weighted by Crippen LogP contribution is -2.50. The molecule has 5 rings (SSSR count). The van der Waals surface area contributed by atoms with Crippen LogP contribution in [0, 0.1) is 52.3 Å². The molecule has 0 aromatic carbocycles. The summed E-state index contributed by atoms with van der Waals surface area (Å²) < 4.78 is 0. The van der Waals surface area contributed by atoms with E-state index in [2.05, 4.69) is 47.6 Å². The first-order chi connectivity index (χ1) is 15.8. The van der Waals surface area contributed by atoms with Gasteiger partial charge in [0, 0.05) is 0 Å². The van der Waals surface area contributed by atoms with Gasteiger partial charge in [0.1, 0.15) is 0 Å². The Kier molecular flexibility index (Phi) is 8.44. The highest BCUT2D eigenvalue weighted by atomic mass is 14.6. The third-order valence-electron chi connectivity index (χ3n) is 12.0. The number of hydrogen-bond acceptors (Lipinski definition) is 0. The number of hydrogen-bond donors (Lipinski definition) is 0. The fourth-order valence-corrected chi connectivity index (χ4v) is 9.36. The highest BCUT2D eigenvalue weighted by Gasteiger charge is 2.58. The minimum Gasteiger partial charge on any atom is -0.0845 e. The van der Waals surface area contributed by atoms with Crippen molar-refractivity contribution in [2.45, 2.75) is 144 Å². The second kappa shape index (κ2) is 10.8. The summed E-state index contributed by atoms with van der Waals surface area (Å²) in [6, 6.07) is 0. The molecule has 0 amide bonds. The molecule has 0 aromatic heterocycles. The molecule has 0 N–H and O–H groups in total. The standard InChI is InChI=1S/C29H50.C4H8/c1-7-22-15-17-28(5)23(19-22)11-12-24-26-14-13-25(21(4)10-8-9-20(2)3)29(26,6)18-16-27(24)28;1-2-4-3-1/h11,20-22,24-27H,7-10,12-19H2,1-6H3;1-4H2/t21-,22+,24+,25?,26+,27?,28?,29?;/m1./s1. The van der Waals surface area contributed by atoms with Crippen molar-refractivity contribution >= 4 is 0 Å². The molecule has 0 bridgehead atoms. The molecule has 0 aliphatic heterocycles. The molecule has 4 saturated carbocycles. The molecule has 5 aliphatic rings. The zero-order valence-electron chi connectivity index (χ0n) is 23.4. The fourth-order valence-electron chi connectivity index (χ4n) is 9.36. The van der Waals surface area contributed by atoms with E-state index in [1.807, 2.05) is 5.57 Å². The molecule has 0 nitrogen and oxygen atoms in total. The average molecular weight is 455 g/mol. The first-order valence-corrected chi connectivity index (χ1v) is 15.5. The molecule has 0 saturated heterocycles. The van der Waals surface area contributed by atoms with Crippen LogP contribution in [0.25, 0.3) is 0 Å². The maximum absolute atomic E-state index is 2.77. The predicted molar refractivity (Wildman–Crippen MR) is 145 cm³/mol. The lowest BCUT2D eigenvalue weighted by molar-refractivity contribution is -0.0528. The van der Waals surface area contributed by atoms with Crippen LogP contribution in [0.2, 0.25) is 0 Å². The van der Waals surface area contributed by atoms with Gasteiger partial charge in [-0.25, -0.2) is 0 Å². The van der Waals surface area contributed by atoms with E-state index in [1.54, 1.807) is 0 Å². The molecular formula is C33H58. The molecule has 33 heavy (non-hydrogen) atoms. The first kappa shape index (κ1) is 25.8. The summed E-state index contributed by atoms with van der Waals surface area (Å²) in [7, 11) is 0. The summed E-state index contributed by atoms with van der Waals surface area (Å²) >= 11 is 0. The maximum atomic E-state index is 2.77. The zero-order chi connectivity index (χ0) is 23.6. The normalized spacial score (nSPS) is 42.8. The van der Waals surface area contributed by atoms with Crippen molar-refractivity contribution in [1.29, 1.82) is 0 Å². The van der Waals surface area contributed by atoms with Crippen molar-refractivity contribution in [2.75, 3.05) is 0 Å². The summed E-state index contributed by atoms with van der Waals surface area (Å²) in [6.07, 6.45) is 26.4. The second-order valence-electron chi connectivity index (χ2n) is 14.2. The Morgan fingerprint density at radius 2 is 1.61 bits per heavy atom. The second-order valence-corrected chi connectivity index (χ2v) is 14.2. The van der Waals surface area contributed by atoms with Gasteiger partial charge in [-0.2, -0.15) is 0 Å². The minimum atomic E-state index is 0.552. The van der Waals surface area contributed by atoms with Gasteiger partial charge in [0.05, 0.1) is 0 Å². The molecule has 4 unspecified atom stereocenters. The zero-order valence-corrected chi connectivity index (χ0v) is 23.4. The van der Waals surface area contributed by atoms with Crippen LogP contribution in [0.5, 0.6) is 0 Å². The van der Waals surface area contributed by atoms with Gasteiger partial charge in [0.25, 0.3) is 0 Å². The third-order valence-corrected chi connectivity index (χ3v) is 12.0. The van der Waals surface area contributed by atoms with Gasteiger partial charge in [-0.05, 0) is 104 Å². The Hall–Kier alpha value is -0.260. The Morgan fingerprint density at radius 3 is 2.24 bits per heavy atom. The smallest absolute Gasteiger partial charge is 0.00851 e. The van der Waals surface area contributed by atoms with E-state index in [0.29, 0.717) is 10.8 Å². The minimum absolute atomic E-state index is 0.552. The summed E-state index contributed by atoms with van der Waals surface area (Å²) in [4.78, 5) is 0. The summed E-state index contributed by atoms with van der Waals surface area (Å²) in [6.45, 7) is 15.2. The third kappa shape index (κ3) is 5.16. The maximum Gasteiger partial charge on any atom is -0.00851 e. The summed E-state index contributed by atoms with van der Waals surface area (Å²) in [5.41, 5.74) is 3.08. The largest absolute Gasteiger partial charge is 0.0845 e. The van der Waals surface area contributed by atoms with Crippen LogP contribution < -0.4 is 0 Å². The Bertz CT molecular complexity index is 649. The predicted octanol–water partition coefficient (Wildman–Crippen LogP) is 10.6. The highest BCUT2D eigenvalue weighted by molar-refractivity contribution is 5.25. The van der Waals surface area contributed by atoms with E-state index in [0.717, 1.165) is 41.4 Å². The molecule has 0 radical (unpaired) electrons. The number of allylic oxidation sites excluding steroid dienone is 2. The lowest BCUT2D eigenvalue weighted by atomic mass is 9.46. The van der Waals surface area contributed by atoms with E-state index >= 15 is 0 Å². The van der Waals surface area contributed by atoms with Crippen molar-refractivity contribution in [3.05, 3.63) is 11.6 Å². The Morgan fingerprint density at radius 1 is 0.879 bits per heavy atom. The lowest BCUT2D eigenvalue weighted by Gasteiger charge is -2.58. The van der Waals surface area contributed by atoms with Crippen LogP contribution in [0.4, 0.5) is 0 Å². The van der Waals surface area contributed by atoms with Crippen LogP contribution in [0.3, 0.4) is 0 Å². The van der Waals surface area contributed by atoms with Crippen LogP contribution in [-0.2, 0) is 0 Å². The summed E-state index contributed by atoms with van der Waals surface area (Å²) in [5, 5.41) is 0. The molecule has 8 atom stereocenters. The average Bonchev–Trinajstić information content (AvgIpc) is 3.09. The van der Waals surface area contributed by atoms with Crippen molar-refractivity contribution in [1.82, 2.24) is 0 Å². The van der Waals surface area contributed by atoms with Gasteiger partial charge in [-0.3, -0.25) is 0 Å². The summed E-state index contributed by atoms with van der Waals surface area (Å²) in [5.74, 6) is 6.78. The molecular weight excluding hydrogens is 396 g/mol. The van der Waals surface area contributed by atoms with Gasteiger partial charge in [-0.1, -0.05) is 105 Å². The Balaban J connectivity index is 0.000000586. The fraction of sp³-hybridized carbons (Fsp3) is 0.939. The van der Waals surface area contributed by atoms with Gasteiger partial charge < -0.3 is 0 Å². The van der Waals surface area contributed by atoms with Crippen LogP contribution >= 0.6 is 0 Å². The van der Waals surface area contributed by atoms with Crippen LogP contribution in [-0.4, -0.2) is 0 Å². The highest BCUT2D eigenvalue weighted by Crippen LogP contribution is 2.67. The van der Waals surface area contributed by atoms with Crippen LogP contribution in [0.1, 0.15) is 144 Å². The van der Waals surface area contributed by atoms with E-state index in [-0.39, 0.29) is 0 Å². The van der Waals surface area contributed by atoms with Crippen LogP contribution in [0.15, 0.2) is 11.6 Å². The van der Waals surface area contributed by atoms with Gasteiger partial charge in [-0.15, -0.1) is 0 Å². The SMILES string of the molecule is C1CCC1.CC[C@H]1CCC2(C)C(=CC[C@@H]3C2CCC2(C)C([C@H](C)CCCC(C)C)CC[C@@H]32)C1. The van der Waals surface area contributed by atoms with E-state index in [4.69, 9.17) is 0 Å². The van der Waals surface area contributed by atoms with Crippen molar-refractivity contribution in [3.8, 4) is 0 Å². The molecule has 0 heteroatoms. The molecule has 0 heterocycles.